The minimum absolute atomic E-state index is 0.00212. The van der Waals surface area contributed by atoms with E-state index in [-0.39, 0.29) is 41.7 Å². The number of ketones is 1. The van der Waals surface area contributed by atoms with Crippen LogP contribution in [0.15, 0.2) is 42.6 Å². The molecule has 3 fully saturated rings. The van der Waals surface area contributed by atoms with E-state index in [0.29, 0.717) is 18.2 Å². The summed E-state index contributed by atoms with van der Waals surface area (Å²) < 4.78 is 0. The second-order valence-electron chi connectivity index (χ2n) is 11.3. The number of amides is 2. The molecule has 2 aliphatic carbocycles. The van der Waals surface area contributed by atoms with Gasteiger partial charge in [0.2, 0.25) is 5.82 Å². The lowest BCUT2D eigenvalue weighted by atomic mass is 9.68. The molecule has 1 aliphatic heterocycles. The standard InChI is InChI=1S/C29H36N6O2/c1-33(2)29(23-9-4-3-5-10-23)14-12-28(13-15-29)21-34(27(37)35(28)19-22-7-6-8-22)20-25(36)17-24-11-16-31-26(18-30)32-24/h3-5,9-11,16,22H,6-8,12-15,17,19-21H2,1-2H3. The summed E-state index contributed by atoms with van der Waals surface area (Å²) >= 11 is 0. The number of nitrogens with zero attached hydrogens (tertiary/aromatic N) is 6. The Bertz CT molecular complexity index is 1180. The summed E-state index contributed by atoms with van der Waals surface area (Å²) in [5.74, 6) is 0.550. The van der Waals surface area contributed by atoms with E-state index in [0.717, 1.165) is 32.2 Å². The highest BCUT2D eigenvalue weighted by molar-refractivity contribution is 5.88. The zero-order chi connectivity index (χ0) is 26.0. The number of carbonyl (C=O) groups excluding carboxylic acids is 2. The minimum atomic E-state index is -0.232. The molecule has 2 amide bonds. The van der Waals surface area contributed by atoms with Gasteiger partial charge in [-0.1, -0.05) is 36.8 Å². The third kappa shape index (κ3) is 4.85. The lowest BCUT2D eigenvalue weighted by Gasteiger charge is -2.51. The van der Waals surface area contributed by atoms with Gasteiger partial charge in [0, 0.05) is 24.8 Å². The molecule has 0 unspecified atom stereocenters. The summed E-state index contributed by atoms with van der Waals surface area (Å²) in [5.41, 5.74) is 1.56. The van der Waals surface area contributed by atoms with Crippen molar-refractivity contribution in [1.82, 2.24) is 24.7 Å². The maximum atomic E-state index is 13.7. The molecular weight excluding hydrogens is 464 g/mol. The SMILES string of the molecule is CN(C)C1(c2ccccc2)CCC2(CC1)CN(CC(=O)Cc1ccnc(C#N)n1)C(=O)N2CC1CCC1. The van der Waals surface area contributed by atoms with Crippen LogP contribution in [0.4, 0.5) is 4.79 Å². The zero-order valence-electron chi connectivity index (χ0n) is 21.9. The van der Waals surface area contributed by atoms with Crippen LogP contribution < -0.4 is 0 Å². The van der Waals surface area contributed by atoms with E-state index in [1.165, 1.54) is 31.0 Å². The van der Waals surface area contributed by atoms with Crippen LogP contribution in [0.25, 0.3) is 0 Å². The summed E-state index contributed by atoms with van der Waals surface area (Å²) in [6, 6.07) is 14.3. The van der Waals surface area contributed by atoms with E-state index >= 15 is 0 Å². The predicted octanol–water partition coefficient (Wildman–Crippen LogP) is 3.77. The Hall–Kier alpha value is -3.31. The normalized spacial score (nSPS) is 25.9. The van der Waals surface area contributed by atoms with E-state index in [1.807, 2.05) is 6.07 Å². The lowest BCUT2D eigenvalue weighted by Crippen LogP contribution is -2.56. The summed E-state index contributed by atoms with van der Waals surface area (Å²) in [4.78, 5) is 41.0. The average Bonchev–Trinajstić information content (AvgIpc) is 3.12. The van der Waals surface area contributed by atoms with Crippen LogP contribution >= 0.6 is 0 Å². The van der Waals surface area contributed by atoms with Crippen molar-refractivity contribution in [2.75, 3.05) is 33.7 Å². The van der Waals surface area contributed by atoms with Gasteiger partial charge in [0.15, 0.2) is 5.78 Å². The van der Waals surface area contributed by atoms with Gasteiger partial charge in [-0.2, -0.15) is 5.26 Å². The van der Waals surface area contributed by atoms with Gasteiger partial charge in [-0.15, -0.1) is 0 Å². The Morgan fingerprint density at radius 2 is 1.86 bits per heavy atom. The van der Waals surface area contributed by atoms with Gasteiger partial charge >= 0.3 is 6.03 Å². The van der Waals surface area contributed by atoms with Crippen molar-refractivity contribution >= 4 is 11.8 Å². The summed E-state index contributed by atoms with van der Waals surface area (Å²) in [5, 5.41) is 9.05. The molecule has 2 heterocycles. The van der Waals surface area contributed by atoms with Crippen molar-refractivity contribution in [3.8, 4) is 6.07 Å². The van der Waals surface area contributed by atoms with Crippen molar-refractivity contribution in [2.24, 2.45) is 5.92 Å². The number of rotatable bonds is 8. The van der Waals surface area contributed by atoms with Gasteiger partial charge in [-0.05, 0) is 70.2 Å². The van der Waals surface area contributed by atoms with Crippen molar-refractivity contribution in [1.29, 1.82) is 5.26 Å². The number of Topliss-reactive ketones (excluding diaryl/α,β-unsaturated/α-hetero) is 1. The Morgan fingerprint density at radius 1 is 1.14 bits per heavy atom. The first-order valence-electron chi connectivity index (χ1n) is 13.4. The van der Waals surface area contributed by atoms with Crippen LogP contribution in [0, 0.1) is 17.2 Å². The molecule has 1 spiro atoms. The number of nitriles is 1. The van der Waals surface area contributed by atoms with E-state index in [4.69, 9.17) is 5.26 Å². The first-order chi connectivity index (χ1) is 17.8. The topological polar surface area (TPSA) is 93.4 Å². The molecule has 0 atom stereocenters. The van der Waals surface area contributed by atoms with Crippen LogP contribution in [0.1, 0.15) is 62.0 Å². The van der Waals surface area contributed by atoms with Gasteiger partial charge in [0.05, 0.1) is 24.2 Å². The Labute approximate surface area is 219 Å². The minimum Gasteiger partial charge on any atom is -0.317 e. The highest BCUT2D eigenvalue weighted by atomic mass is 16.2. The van der Waals surface area contributed by atoms with Gasteiger partial charge in [0.1, 0.15) is 6.07 Å². The van der Waals surface area contributed by atoms with E-state index < -0.39 is 0 Å². The summed E-state index contributed by atoms with van der Waals surface area (Å²) in [6.45, 7) is 1.46. The van der Waals surface area contributed by atoms with E-state index in [2.05, 4.69) is 64.2 Å². The fraction of sp³-hybridized carbons (Fsp3) is 0.552. The quantitative estimate of drug-likeness (QED) is 0.548. The molecule has 3 aliphatic rings. The molecule has 5 rings (SSSR count). The third-order valence-electron chi connectivity index (χ3n) is 8.96. The zero-order valence-corrected chi connectivity index (χ0v) is 21.9. The van der Waals surface area contributed by atoms with Gasteiger partial charge < -0.3 is 9.80 Å². The Balaban J connectivity index is 1.34. The first kappa shape index (κ1) is 25.3. The van der Waals surface area contributed by atoms with Crippen LogP contribution in [0.3, 0.4) is 0 Å². The molecule has 0 radical (unpaired) electrons. The Morgan fingerprint density at radius 3 is 2.49 bits per heavy atom. The molecule has 1 saturated heterocycles. The summed E-state index contributed by atoms with van der Waals surface area (Å²) in [6.07, 6.45) is 8.96. The first-order valence-corrected chi connectivity index (χ1v) is 13.4. The van der Waals surface area contributed by atoms with Crippen molar-refractivity contribution in [3.63, 3.8) is 0 Å². The number of aromatic nitrogens is 2. The van der Waals surface area contributed by atoms with Gasteiger partial charge in [-0.3, -0.25) is 9.69 Å². The molecule has 8 heteroatoms. The van der Waals surface area contributed by atoms with Crippen LogP contribution in [0.2, 0.25) is 0 Å². The molecule has 8 nitrogen and oxygen atoms in total. The number of carbonyl (C=O) groups is 2. The fourth-order valence-electron chi connectivity index (χ4n) is 6.53. The van der Waals surface area contributed by atoms with Crippen LogP contribution in [0.5, 0.6) is 0 Å². The number of hydrogen-bond donors (Lipinski definition) is 0. The smallest absolute Gasteiger partial charge is 0.317 e. The number of hydrogen-bond acceptors (Lipinski definition) is 6. The lowest BCUT2D eigenvalue weighted by molar-refractivity contribution is -0.119. The molecule has 37 heavy (non-hydrogen) atoms. The second kappa shape index (κ2) is 10.2. The molecule has 1 aromatic heterocycles. The molecule has 0 bridgehead atoms. The highest BCUT2D eigenvalue weighted by Gasteiger charge is 2.55. The molecule has 1 aromatic carbocycles. The van der Waals surface area contributed by atoms with E-state index in [9.17, 15) is 9.59 Å². The molecule has 2 saturated carbocycles. The highest BCUT2D eigenvalue weighted by Crippen LogP contribution is 2.49. The largest absolute Gasteiger partial charge is 0.321 e. The average molecular weight is 501 g/mol. The van der Waals surface area contributed by atoms with Crippen molar-refractivity contribution in [2.45, 2.75) is 62.4 Å². The van der Waals surface area contributed by atoms with Crippen molar-refractivity contribution < 1.29 is 9.59 Å². The predicted molar refractivity (Wildman–Crippen MR) is 139 cm³/mol. The van der Waals surface area contributed by atoms with Crippen LogP contribution in [-0.4, -0.2) is 75.8 Å². The number of benzene rings is 1. The molecular formula is C29H36N6O2. The third-order valence-corrected chi connectivity index (χ3v) is 8.96. The Kier molecular flexibility index (Phi) is 7.00. The fourth-order valence-corrected chi connectivity index (χ4v) is 6.53. The second-order valence-corrected chi connectivity index (χ2v) is 11.3. The maximum Gasteiger partial charge on any atom is 0.321 e. The van der Waals surface area contributed by atoms with Crippen molar-refractivity contribution in [3.05, 3.63) is 59.7 Å². The monoisotopic (exact) mass is 500 g/mol. The molecule has 194 valence electrons. The summed E-state index contributed by atoms with van der Waals surface area (Å²) in [7, 11) is 4.32. The van der Waals surface area contributed by atoms with Gasteiger partial charge in [-0.25, -0.2) is 14.8 Å². The molecule has 0 N–H and O–H groups in total. The molecule has 2 aromatic rings. The van der Waals surface area contributed by atoms with Gasteiger partial charge in [0.25, 0.3) is 0 Å². The van der Waals surface area contributed by atoms with E-state index in [1.54, 1.807) is 11.0 Å². The van der Waals surface area contributed by atoms with Crippen LogP contribution in [-0.2, 0) is 16.8 Å². The number of urea groups is 1. The maximum absolute atomic E-state index is 13.7.